The van der Waals surface area contributed by atoms with Gasteiger partial charge in [0.05, 0.1) is 5.60 Å². The number of nitrogens with two attached hydrogens (primary N) is 1. The lowest BCUT2D eigenvalue weighted by molar-refractivity contribution is 0.0145. The number of nitrogens with zero attached hydrogens (tertiary/aromatic N) is 3. The van der Waals surface area contributed by atoms with Crippen molar-refractivity contribution in [3.8, 4) is 0 Å². The van der Waals surface area contributed by atoms with Crippen LogP contribution in [0.2, 0.25) is 0 Å². The van der Waals surface area contributed by atoms with Crippen LogP contribution in [-0.4, -0.2) is 45.2 Å². The number of pyridine rings is 1. The smallest absolute Gasteiger partial charge is 0.189 e. The van der Waals surface area contributed by atoms with E-state index in [-0.39, 0.29) is 5.84 Å². The van der Waals surface area contributed by atoms with Gasteiger partial charge in [-0.2, -0.15) is 0 Å². The highest BCUT2D eigenvalue weighted by molar-refractivity contribution is 5.96. The molecule has 0 aliphatic heterocycles. The van der Waals surface area contributed by atoms with E-state index in [0.29, 0.717) is 18.8 Å². The number of oxime groups is 1. The molecule has 20 heavy (non-hydrogen) atoms. The molecule has 1 aromatic rings. The monoisotopic (exact) mass is 278 g/mol. The van der Waals surface area contributed by atoms with Crippen LogP contribution in [0.25, 0.3) is 0 Å². The SMILES string of the molecule is CN(Cc1cccnc1/C(N)=N/O)CC1(O)CCCC1. The normalized spacial score (nSPS) is 18.6. The van der Waals surface area contributed by atoms with Gasteiger partial charge in [-0.3, -0.25) is 9.88 Å². The number of hydrogen-bond acceptors (Lipinski definition) is 5. The summed E-state index contributed by atoms with van der Waals surface area (Å²) in [4.78, 5) is 6.20. The molecule has 6 nitrogen and oxygen atoms in total. The van der Waals surface area contributed by atoms with Crippen LogP contribution in [0.4, 0.5) is 0 Å². The summed E-state index contributed by atoms with van der Waals surface area (Å²) >= 11 is 0. The molecule has 1 aliphatic rings. The Morgan fingerprint density at radius 1 is 1.50 bits per heavy atom. The summed E-state index contributed by atoms with van der Waals surface area (Å²) in [5.41, 5.74) is 6.42. The fourth-order valence-electron chi connectivity index (χ4n) is 2.88. The van der Waals surface area contributed by atoms with Gasteiger partial charge in [0.2, 0.25) is 0 Å². The maximum atomic E-state index is 10.4. The molecule has 0 amide bonds. The lowest BCUT2D eigenvalue weighted by Gasteiger charge is -2.28. The predicted molar refractivity (Wildman–Crippen MR) is 76.5 cm³/mol. The van der Waals surface area contributed by atoms with Crippen LogP contribution < -0.4 is 5.73 Å². The third-order valence-electron chi connectivity index (χ3n) is 3.78. The third kappa shape index (κ3) is 3.46. The summed E-state index contributed by atoms with van der Waals surface area (Å²) < 4.78 is 0. The zero-order chi connectivity index (χ0) is 14.6. The average Bonchev–Trinajstić information content (AvgIpc) is 2.84. The van der Waals surface area contributed by atoms with Gasteiger partial charge in [0.15, 0.2) is 5.84 Å². The molecule has 110 valence electrons. The quantitative estimate of drug-likeness (QED) is 0.322. The van der Waals surface area contributed by atoms with Crippen molar-refractivity contribution < 1.29 is 10.3 Å². The van der Waals surface area contributed by atoms with E-state index in [1.165, 1.54) is 0 Å². The van der Waals surface area contributed by atoms with Crippen molar-refractivity contribution in [2.45, 2.75) is 37.8 Å². The van der Waals surface area contributed by atoms with E-state index in [1.807, 2.05) is 19.2 Å². The Balaban J connectivity index is 2.06. The lowest BCUT2D eigenvalue weighted by Crippen LogP contribution is -2.39. The molecule has 4 N–H and O–H groups in total. The largest absolute Gasteiger partial charge is 0.409 e. The fraction of sp³-hybridized carbons (Fsp3) is 0.571. The maximum absolute atomic E-state index is 10.4. The van der Waals surface area contributed by atoms with Crippen molar-refractivity contribution in [1.29, 1.82) is 0 Å². The molecule has 0 aromatic carbocycles. The second-order valence-electron chi connectivity index (χ2n) is 5.60. The molecule has 0 bridgehead atoms. The second-order valence-corrected chi connectivity index (χ2v) is 5.60. The van der Waals surface area contributed by atoms with E-state index in [0.717, 1.165) is 31.2 Å². The molecule has 0 radical (unpaired) electrons. The van der Waals surface area contributed by atoms with E-state index < -0.39 is 5.60 Å². The van der Waals surface area contributed by atoms with Gasteiger partial charge < -0.3 is 16.0 Å². The zero-order valence-corrected chi connectivity index (χ0v) is 11.8. The third-order valence-corrected chi connectivity index (χ3v) is 3.78. The van der Waals surface area contributed by atoms with Gasteiger partial charge in [-0.05, 0) is 31.5 Å². The first kappa shape index (κ1) is 14.7. The molecule has 1 aromatic heterocycles. The summed E-state index contributed by atoms with van der Waals surface area (Å²) in [6.07, 6.45) is 5.51. The molecule has 0 spiro atoms. The van der Waals surface area contributed by atoms with Crippen LogP contribution in [0.3, 0.4) is 0 Å². The number of hydrogen-bond donors (Lipinski definition) is 3. The molecular formula is C14H22N4O2. The van der Waals surface area contributed by atoms with Crippen LogP contribution in [0.1, 0.15) is 36.9 Å². The van der Waals surface area contributed by atoms with Gasteiger partial charge in [-0.25, -0.2) is 0 Å². The van der Waals surface area contributed by atoms with E-state index in [4.69, 9.17) is 10.9 Å². The topological polar surface area (TPSA) is 95.0 Å². The Morgan fingerprint density at radius 3 is 2.85 bits per heavy atom. The average molecular weight is 278 g/mol. The van der Waals surface area contributed by atoms with Crippen molar-refractivity contribution in [2.24, 2.45) is 10.9 Å². The summed E-state index contributed by atoms with van der Waals surface area (Å²) in [5, 5.41) is 22.2. The minimum Gasteiger partial charge on any atom is -0.409 e. The van der Waals surface area contributed by atoms with Crippen molar-refractivity contribution >= 4 is 5.84 Å². The number of amidine groups is 1. The van der Waals surface area contributed by atoms with Gasteiger partial charge in [-0.15, -0.1) is 0 Å². The van der Waals surface area contributed by atoms with E-state index in [1.54, 1.807) is 6.20 Å². The van der Waals surface area contributed by atoms with Crippen LogP contribution in [0, 0.1) is 0 Å². The maximum Gasteiger partial charge on any atom is 0.189 e. The molecule has 1 fully saturated rings. The Labute approximate surface area is 118 Å². The van der Waals surface area contributed by atoms with Crippen LogP contribution in [-0.2, 0) is 6.54 Å². The highest BCUT2D eigenvalue weighted by Gasteiger charge is 2.32. The number of aromatic nitrogens is 1. The number of likely N-dealkylation sites (N-methyl/N-ethyl adjacent to an activating group) is 1. The Bertz CT molecular complexity index is 484. The Hall–Kier alpha value is -1.66. The first-order valence-corrected chi connectivity index (χ1v) is 6.87. The Morgan fingerprint density at radius 2 is 2.20 bits per heavy atom. The molecule has 1 heterocycles. The predicted octanol–water partition coefficient (Wildman–Crippen LogP) is 0.913. The fourth-order valence-corrected chi connectivity index (χ4v) is 2.88. The molecule has 2 rings (SSSR count). The van der Waals surface area contributed by atoms with Crippen molar-refractivity contribution in [3.63, 3.8) is 0 Å². The minimum atomic E-state index is -0.576. The second kappa shape index (κ2) is 6.19. The summed E-state index contributed by atoms with van der Waals surface area (Å²) in [7, 11) is 1.96. The van der Waals surface area contributed by atoms with E-state index >= 15 is 0 Å². The number of aliphatic hydroxyl groups is 1. The van der Waals surface area contributed by atoms with Crippen molar-refractivity contribution in [1.82, 2.24) is 9.88 Å². The van der Waals surface area contributed by atoms with Gasteiger partial charge >= 0.3 is 0 Å². The molecule has 0 atom stereocenters. The van der Waals surface area contributed by atoms with E-state index in [9.17, 15) is 5.11 Å². The van der Waals surface area contributed by atoms with Gasteiger partial charge in [0, 0.05) is 19.3 Å². The van der Waals surface area contributed by atoms with Crippen LogP contribution >= 0.6 is 0 Å². The van der Waals surface area contributed by atoms with Crippen molar-refractivity contribution in [2.75, 3.05) is 13.6 Å². The van der Waals surface area contributed by atoms with Crippen LogP contribution in [0.5, 0.6) is 0 Å². The van der Waals surface area contributed by atoms with Gasteiger partial charge in [0.1, 0.15) is 5.69 Å². The molecule has 1 saturated carbocycles. The lowest BCUT2D eigenvalue weighted by atomic mass is 10.0. The standard InChI is InChI=1S/C14H22N4O2/c1-18(10-14(19)6-2-3-7-14)9-11-5-4-8-16-12(11)13(15)17-20/h4-5,8,19-20H,2-3,6-7,9-10H2,1H3,(H2,15,17). The molecule has 6 heteroatoms. The van der Waals surface area contributed by atoms with Gasteiger partial charge in [0.25, 0.3) is 0 Å². The molecule has 0 saturated heterocycles. The van der Waals surface area contributed by atoms with Gasteiger partial charge in [-0.1, -0.05) is 24.1 Å². The molecule has 0 unspecified atom stereocenters. The summed E-state index contributed by atoms with van der Waals surface area (Å²) in [6.45, 7) is 1.22. The molecular weight excluding hydrogens is 256 g/mol. The first-order valence-electron chi connectivity index (χ1n) is 6.87. The summed E-state index contributed by atoms with van der Waals surface area (Å²) in [6, 6.07) is 3.72. The zero-order valence-electron chi connectivity index (χ0n) is 11.8. The van der Waals surface area contributed by atoms with Crippen LogP contribution in [0.15, 0.2) is 23.5 Å². The Kier molecular flexibility index (Phi) is 4.57. The minimum absolute atomic E-state index is 0.00794. The summed E-state index contributed by atoms with van der Waals surface area (Å²) in [5.74, 6) is 0.00794. The number of rotatable bonds is 5. The molecule has 1 aliphatic carbocycles. The first-order chi connectivity index (χ1) is 9.54. The van der Waals surface area contributed by atoms with E-state index in [2.05, 4.69) is 15.0 Å². The highest BCUT2D eigenvalue weighted by atomic mass is 16.4. The highest BCUT2D eigenvalue weighted by Crippen LogP contribution is 2.30. The van der Waals surface area contributed by atoms with Crippen molar-refractivity contribution in [3.05, 3.63) is 29.6 Å².